The van der Waals surface area contributed by atoms with Crippen LogP contribution in [0.1, 0.15) is 42.4 Å². The molecule has 0 unspecified atom stereocenters. The van der Waals surface area contributed by atoms with Crippen molar-refractivity contribution in [2.24, 2.45) is 0 Å². The molecule has 5 heteroatoms. The van der Waals surface area contributed by atoms with Crippen LogP contribution in [0.3, 0.4) is 0 Å². The number of thiophene rings is 1. The lowest BCUT2D eigenvalue weighted by atomic mass is 10.2. The van der Waals surface area contributed by atoms with Gasteiger partial charge in [-0.15, -0.1) is 11.3 Å². The molecule has 0 aliphatic heterocycles. The third-order valence-electron chi connectivity index (χ3n) is 2.05. The van der Waals surface area contributed by atoms with Gasteiger partial charge in [-0.2, -0.15) is 0 Å². The first-order valence-electron chi connectivity index (χ1n) is 6.08. The zero-order chi connectivity index (χ0) is 14.3. The first-order chi connectivity index (χ1) is 8.90. The number of carbonyl (C=O) groups is 2. The highest BCUT2D eigenvalue weighted by molar-refractivity contribution is 7.11. The molecule has 1 rings (SSSR count). The molecule has 1 amide bonds. The third kappa shape index (κ3) is 6.76. The van der Waals surface area contributed by atoms with Gasteiger partial charge in [0.2, 0.25) is 0 Å². The average molecular weight is 281 g/mol. The molecule has 0 radical (unpaired) electrons. The largest absolute Gasteiger partial charge is 0.444 e. The zero-order valence-corrected chi connectivity index (χ0v) is 12.3. The predicted octanol–water partition coefficient (Wildman–Crippen LogP) is 3.49. The Kier molecular flexibility index (Phi) is 5.76. The fourth-order valence-corrected chi connectivity index (χ4v) is 1.99. The summed E-state index contributed by atoms with van der Waals surface area (Å²) in [6, 6.07) is 1.83. The summed E-state index contributed by atoms with van der Waals surface area (Å²) < 4.78 is 5.11. The Bertz CT molecular complexity index is 458. The van der Waals surface area contributed by atoms with Gasteiger partial charge in [0.25, 0.3) is 0 Å². The molecule has 0 saturated heterocycles. The molecule has 1 heterocycles. The van der Waals surface area contributed by atoms with Crippen LogP contribution in [0.2, 0.25) is 0 Å². The van der Waals surface area contributed by atoms with Crippen molar-refractivity contribution < 1.29 is 14.3 Å². The van der Waals surface area contributed by atoms with Crippen molar-refractivity contribution in [3.05, 3.63) is 28.0 Å². The summed E-state index contributed by atoms with van der Waals surface area (Å²) in [6.45, 7) is 6.01. The Hall–Kier alpha value is -1.62. The molecule has 0 atom stereocenters. The van der Waals surface area contributed by atoms with Gasteiger partial charge < -0.3 is 10.1 Å². The molecule has 0 aromatic carbocycles. The first kappa shape index (κ1) is 15.4. The van der Waals surface area contributed by atoms with Crippen molar-refractivity contribution in [2.75, 3.05) is 6.54 Å². The lowest BCUT2D eigenvalue weighted by Crippen LogP contribution is -2.32. The van der Waals surface area contributed by atoms with Crippen molar-refractivity contribution in [2.45, 2.75) is 32.8 Å². The van der Waals surface area contributed by atoms with Crippen LogP contribution < -0.4 is 5.32 Å². The Balaban J connectivity index is 2.23. The summed E-state index contributed by atoms with van der Waals surface area (Å²) in [4.78, 5) is 22.6. The maximum Gasteiger partial charge on any atom is 0.407 e. The van der Waals surface area contributed by atoms with E-state index in [0.29, 0.717) is 17.8 Å². The second-order valence-corrected chi connectivity index (χ2v) is 5.96. The molecule has 0 fully saturated rings. The third-order valence-corrected chi connectivity index (χ3v) is 2.92. The van der Waals surface area contributed by atoms with Gasteiger partial charge in [-0.1, -0.05) is 12.2 Å². The minimum Gasteiger partial charge on any atom is -0.444 e. The molecule has 1 N–H and O–H groups in total. The van der Waals surface area contributed by atoms with Crippen molar-refractivity contribution in [1.82, 2.24) is 5.32 Å². The number of nitrogens with one attached hydrogen (secondary N) is 1. The smallest absolute Gasteiger partial charge is 0.407 e. The fraction of sp³-hybridized carbons (Fsp3) is 0.429. The quantitative estimate of drug-likeness (QED) is 0.664. The Labute approximate surface area is 117 Å². The topological polar surface area (TPSA) is 55.4 Å². The van der Waals surface area contributed by atoms with E-state index in [9.17, 15) is 9.59 Å². The molecular formula is C14H19NO3S. The van der Waals surface area contributed by atoms with Gasteiger partial charge in [-0.05, 0) is 44.2 Å². The summed E-state index contributed by atoms with van der Waals surface area (Å²) in [6.07, 6.45) is 5.03. The normalized spacial score (nSPS) is 11.5. The number of ether oxygens (including phenoxy) is 1. The highest BCUT2D eigenvalue weighted by Crippen LogP contribution is 2.13. The number of aldehydes is 1. The molecular weight excluding hydrogens is 262 g/mol. The molecule has 0 bridgehead atoms. The molecule has 0 aliphatic rings. The van der Waals surface area contributed by atoms with Crippen molar-refractivity contribution in [1.29, 1.82) is 0 Å². The van der Waals surface area contributed by atoms with Gasteiger partial charge in [0, 0.05) is 6.54 Å². The monoisotopic (exact) mass is 281 g/mol. The lowest BCUT2D eigenvalue weighted by molar-refractivity contribution is 0.0528. The fourth-order valence-electron chi connectivity index (χ4n) is 1.31. The van der Waals surface area contributed by atoms with E-state index in [4.69, 9.17) is 4.74 Å². The Morgan fingerprint density at radius 2 is 2.21 bits per heavy atom. The zero-order valence-electron chi connectivity index (χ0n) is 11.4. The number of amides is 1. The second kappa shape index (κ2) is 7.09. The van der Waals surface area contributed by atoms with Gasteiger partial charge in [-0.25, -0.2) is 4.79 Å². The summed E-state index contributed by atoms with van der Waals surface area (Å²) in [5, 5.41) is 4.59. The van der Waals surface area contributed by atoms with E-state index in [1.807, 2.05) is 44.4 Å². The average Bonchev–Trinajstić information content (AvgIpc) is 2.74. The standard InChI is InChI=1S/C14H19NO3S/c1-14(2,3)18-13(17)15-7-5-4-6-11-8-12(9-16)19-10-11/h4,6,8-10H,5,7H2,1-3H3,(H,15,17). The van der Waals surface area contributed by atoms with Crippen LogP contribution in [-0.2, 0) is 4.74 Å². The van der Waals surface area contributed by atoms with Crippen LogP contribution in [0.4, 0.5) is 4.79 Å². The predicted molar refractivity (Wildman–Crippen MR) is 77.6 cm³/mol. The highest BCUT2D eigenvalue weighted by atomic mass is 32.1. The first-order valence-corrected chi connectivity index (χ1v) is 6.96. The van der Waals surface area contributed by atoms with E-state index in [-0.39, 0.29) is 0 Å². The molecule has 4 nitrogen and oxygen atoms in total. The molecule has 19 heavy (non-hydrogen) atoms. The Morgan fingerprint density at radius 3 is 2.79 bits per heavy atom. The minimum atomic E-state index is -0.470. The number of hydrogen-bond donors (Lipinski definition) is 1. The van der Waals surface area contributed by atoms with Gasteiger partial charge in [-0.3, -0.25) is 4.79 Å². The Morgan fingerprint density at radius 1 is 1.47 bits per heavy atom. The van der Waals surface area contributed by atoms with Crippen molar-refractivity contribution in [3.63, 3.8) is 0 Å². The number of rotatable bonds is 5. The van der Waals surface area contributed by atoms with E-state index >= 15 is 0 Å². The summed E-state index contributed by atoms with van der Waals surface area (Å²) >= 11 is 1.42. The summed E-state index contributed by atoms with van der Waals surface area (Å²) in [5.41, 5.74) is 0.534. The maximum atomic E-state index is 11.3. The lowest BCUT2D eigenvalue weighted by Gasteiger charge is -2.19. The summed E-state index contributed by atoms with van der Waals surface area (Å²) in [7, 11) is 0. The minimum absolute atomic E-state index is 0.403. The number of alkyl carbamates (subject to hydrolysis) is 1. The van der Waals surface area contributed by atoms with Crippen LogP contribution in [0, 0.1) is 0 Å². The van der Waals surface area contributed by atoms with Crippen LogP contribution >= 0.6 is 11.3 Å². The SMILES string of the molecule is CC(C)(C)OC(=O)NCCC=Cc1csc(C=O)c1. The highest BCUT2D eigenvalue weighted by Gasteiger charge is 2.15. The maximum absolute atomic E-state index is 11.3. The van der Waals surface area contributed by atoms with E-state index in [2.05, 4.69) is 5.32 Å². The van der Waals surface area contributed by atoms with Crippen LogP contribution in [0.25, 0.3) is 6.08 Å². The van der Waals surface area contributed by atoms with Crippen LogP contribution in [-0.4, -0.2) is 24.5 Å². The summed E-state index contributed by atoms with van der Waals surface area (Å²) in [5.74, 6) is 0. The van der Waals surface area contributed by atoms with E-state index in [1.165, 1.54) is 11.3 Å². The van der Waals surface area contributed by atoms with Crippen molar-refractivity contribution >= 4 is 29.8 Å². The van der Waals surface area contributed by atoms with E-state index in [1.54, 1.807) is 0 Å². The van der Waals surface area contributed by atoms with Crippen molar-refractivity contribution in [3.8, 4) is 0 Å². The number of carbonyl (C=O) groups excluding carboxylic acids is 2. The molecule has 1 aromatic rings. The van der Waals surface area contributed by atoms with Crippen LogP contribution in [0.15, 0.2) is 17.5 Å². The second-order valence-electron chi connectivity index (χ2n) is 5.02. The molecule has 0 aliphatic carbocycles. The van der Waals surface area contributed by atoms with Gasteiger partial charge in [0.1, 0.15) is 5.60 Å². The van der Waals surface area contributed by atoms with E-state index < -0.39 is 11.7 Å². The molecule has 1 aromatic heterocycles. The van der Waals surface area contributed by atoms with Gasteiger partial charge in [0.15, 0.2) is 6.29 Å². The van der Waals surface area contributed by atoms with Crippen LogP contribution in [0.5, 0.6) is 0 Å². The van der Waals surface area contributed by atoms with E-state index in [0.717, 1.165) is 11.8 Å². The number of hydrogen-bond acceptors (Lipinski definition) is 4. The molecule has 104 valence electrons. The van der Waals surface area contributed by atoms with Gasteiger partial charge in [0.05, 0.1) is 4.88 Å². The molecule has 0 spiro atoms. The van der Waals surface area contributed by atoms with Gasteiger partial charge >= 0.3 is 6.09 Å². The molecule has 0 saturated carbocycles.